The Morgan fingerprint density at radius 3 is 3.06 bits per heavy atom. The van der Waals surface area contributed by atoms with Crippen LogP contribution in [0, 0.1) is 0 Å². The van der Waals surface area contributed by atoms with E-state index in [0.29, 0.717) is 5.25 Å². The lowest BCUT2D eigenvalue weighted by atomic mass is 10.2. The lowest BCUT2D eigenvalue weighted by molar-refractivity contribution is 0.976. The zero-order chi connectivity index (χ0) is 11.7. The van der Waals surface area contributed by atoms with Gasteiger partial charge in [-0.3, -0.25) is 9.98 Å². The van der Waals surface area contributed by atoms with Gasteiger partial charge >= 0.3 is 0 Å². The van der Waals surface area contributed by atoms with Gasteiger partial charge in [0.05, 0.1) is 23.9 Å². The van der Waals surface area contributed by atoms with Gasteiger partial charge in [0.15, 0.2) is 5.17 Å². The fourth-order valence-corrected chi connectivity index (χ4v) is 2.66. The Morgan fingerprint density at radius 1 is 1.35 bits per heavy atom. The smallest absolute Gasteiger partial charge is 0.161 e. The molecule has 2 aromatic rings. The van der Waals surface area contributed by atoms with Gasteiger partial charge in [0.1, 0.15) is 0 Å². The van der Waals surface area contributed by atoms with Crippen LogP contribution < -0.4 is 5.32 Å². The number of aliphatic imine (C=N–C) groups is 1. The number of rotatable bonds is 1. The highest BCUT2D eigenvalue weighted by molar-refractivity contribution is 8.15. The summed E-state index contributed by atoms with van der Waals surface area (Å²) in [6.07, 6.45) is 1.86. The molecule has 1 aliphatic rings. The van der Waals surface area contributed by atoms with Gasteiger partial charge in [0, 0.05) is 10.6 Å². The van der Waals surface area contributed by atoms with E-state index >= 15 is 0 Å². The summed E-state index contributed by atoms with van der Waals surface area (Å²) in [6.45, 7) is 3.08. The van der Waals surface area contributed by atoms with Gasteiger partial charge in [-0.05, 0) is 12.1 Å². The molecule has 1 aromatic carbocycles. The Balaban J connectivity index is 1.86. The highest BCUT2D eigenvalue weighted by atomic mass is 32.2. The van der Waals surface area contributed by atoms with E-state index in [2.05, 4.69) is 34.3 Å². The molecule has 0 amide bonds. The Morgan fingerprint density at radius 2 is 2.24 bits per heavy atom. The van der Waals surface area contributed by atoms with Crippen LogP contribution in [0.5, 0.6) is 0 Å². The molecule has 1 aliphatic heterocycles. The van der Waals surface area contributed by atoms with Crippen LogP contribution in [0.1, 0.15) is 6.92 Å². The molecule has 0 bridgehead atoms. The third-order valence-corrected chi connectivity index (χ3v) is 3.65. The molecule has 3 nitrogen and oxygen atoms in total. The second-order valence-electron chi connectivity index (χ2n) is 4.12. The number of aromatic nitrogens is 1. The van der Waals surface area contributed by atoms with E-state index in [1.807, 2.05) is 24.4 Å². The average molecular weight is 243 g/mol. The number of amidine groups is 1. The number of thioether (sulfide) groups is 1. The summed E-state index contributed by atoms with van der Waals surface area (Å²) >= 11 is 1.78. The lowest BCUT2D eigenvalue weighted by Gasteiger charge is -2.06. The fraction of sp³-hybridized carbons (Fsp3) is 0.231. The third kappa shape index (κ3) is 2.26. The van der Waals surface area contributed by atoms with Crippen molar-refractivity contribution in [3.05, 3.63) is 36.5 Å². The number of fused-ring (bicyclic) bond motifs is 1. The molecule has 0 fully saturated rings. The standard InChI is InChI=1S/C13H13N3S/c1-9-7-15-13(17-9)16-11-6-10-4-2-3-5-12(10)14-8-11/h2-6,8-9H,7H2,1H3,(H,15,16)/t9-/m1/s1. The van der Waals surface area contributed by atoms with E-state index in [1.54, 1.807) is 11.8 Å². The molecule has 0 unspecified atom stereocenters. The largest absolute Gasteiger partial charge is 0.334 e. The van der Waals surface area contributed by atoms with Crippen molar-refractivity contribution in [1.29, 1.82) is 0 Å². The van der Waals surface area contributed by atoms with Gasteiger partial charge in [-0.15, -0.1) is 0 Å². The van der Waals surface area contributed by atoms with Crippen LogP contribution in [0.15, 0.2) is 41.5 Å². The van der Waals surface area contributed by atoms with Gasteiger partial charge < -0.3 is 5.32 Å². The third-order valence-electron chi connectivity index (χ3n) is 2.65. The second-order valence-corrected chi connectivity index (χ2v) is 5.54. The highest BCUT2D eigenvalue weighted by Gasteiger charge is 2.14. The number of para-hydroxylation sites is 1. The second kappa shape index (κ2) is 4.37. The van der Waals surface area contributed by atoms with Crippen molar-refractivity contribution in [2.45, 2.75) is 12.2 Å². The lowest BCUT2D eigenvalue weighted by Crippen LogP contribution is -2.06. The summed E-state index contributed by atoms with van der Waals surface area (Å²) in [6, 6.07) is 10.2. The highest BCUT2D eigenvalue weighted by Crippen LogP contribution is 2.23. The molecule has 1 aromatic heterocycles. The summed E-state index contributed by atoms with van der Waals surface area (Å²) in [5, 5.41) is 6.03. The molecular weight excluding hydrogens is 230 g/mol. The summed E-state index contributed by atoms with van der Waals surface area (Å²) in [4.78, 5) is 8.85. The summed E-state index contributed by atoms with van der Waals surface area (Å²) in [5.41, 5.74) is 2.02. The van der Waals surface area contributed by atoms with E-state index in [0.717, 1.165) is 28.3 Å². The zero-order valence-corrected chi connectivity index (χ0v) is 10.4. The molecule has 86 valence electrons. The van der Waals surface area contributed by atoms with Crippen LogP contribution in [-0.4, -0.2) is 21.9 Å². The Labute approximate surface area is 104 Å². The van der Waals surface area contributed by atoms with Gasteiger partial charge in [-0.25, -0.2) is 0 Å². The van der Waals surface area contributed by atoms with Crippen LogP contribution in [0.25, 0.3) is 10.9 Å². The van der Waals surface area contributed by atoms with Crippen molar-refractivity contribution in [1.82, 2.24) is 4.98 Å². The summed E-state index contributed by atoms with van der Waals surface area (Å²) < 4.78 is 0. The number of hydrogen-bond donors (Lipinski definition) is 1. The Bertz CT molecular complexity index is 580. The molecule has 0 radical (unpaired) electrons. The molecule has 4 heteroatoms. The maximum atomic E-state index is 4.43. The Hall–Kier alpha value is -1.55. The van der Waals surface area contributed by atoms with E-state index in [9.17, 15) is 0 Å². The number of nitrogens with one attached hydrogen (secondary N) is 1. The van der Waals surface area contributed by atoms with E-state index in [-0.39, 0.29) is 0 Å². The van der Waals surface area contributed by atoms with Crippen molar-refractivity contribution in [2.75, 3.05) is 11.9 Å². The van der Waals surface area contributed by atoms with Crippen LogP contribution in [0.4, 0.5) is 5.69 Å². The topological polar surface area (TPSA) is 37.3 Å². The minimum absolute atomic E-state index is 0.575. The van der Waals surface area contributed by atoms with Gasteiger partial charge in [0.25, 0.3) is 0 Å². The van der Waals surface area contributed by atoms with Gasteiger partial charge in [-0.2, -0.15) is 0 Å². The van der Waals surface area contributed by atoms with E-state index < -0.39 is 0 Å². The number of anilines is 1. The number of benzene rings is 1. The molecule has 0 saturated carbocycles. The van der Waals surface area contributed by atoms with Crippen LogP contribution >= 0.6 is 11.8 Å². The number of hydrogen-bond acceptors (Lipinski definition) is 4. The molecule has 0 aliphatic carbocycles. The molecule has 2 heterocycles. The quantitative estimate of drug-likeness (QED) is 0.836. The molecule has 17 heavy (non-hydrogen) atoms. The van der Waals surface area contributed by atoms with Gasteiger partial charge in [0.2, 0.25) is 0 Å². The normalized spacial score (nSPS) is 19.4. The van der Waals surface area contributed by atoms with Crippen molar-refractivity contribution in [3.8, 4) is 0 Å². The first-order valence-corrected chi connectivity index (χ1v) is 6.52. The van der Waals surface area contributed by atoms with Crippen molar-refractivity contribution >= 4 is 33.5 Å². The SMILES string of the molecule is C[C@@H]1CN=C(Nc2cnc3ccccc3c2)S1. The minimum atomic E-state index is 0.575. The molecular formula is C13H13N3S. The minimum Gasteiger partial charge on any atom is -0.334 e. The molecule has 1 atom stereocenters. The Kier molecular flexibility index (Phi) is 2.73. The average Bonchev–Trinajstić information content (AvgIpc) is 2.75. The first kappa shape index (κ1) is 10.6. The first-order chi connectivity index (χ1) is 8.31. The first-order valence-electron chi connectivity index (χ1n) is 5.64. The molecule has 0 spiro atoms. The van der Waals surface area contributed by atoms with E-state index in [4.69, 9.17) is 0 Å². The van der Waals surface area contributed by atoms with E-state index in [1.165, 1.54) is 0 Å². The predicted molar refractivity (Wildman–Crippen MR) is 74.7 cm³/mol. The maximum absolute atomic E-state index is 4.43. The fourth-order valence-electron chi connectivity index (χ4n) is 1.81. The van der Waals surface area contributed by atoms with Crippen LogP contribution in [-0.2, 0) is 0 Å². The number of nitrogens with zero attached hydrogens (tertiary/aromatic N) is 2. The molecule has 0 saturated heterocycles. The molecule has 3 rings (SSSR count). The maximum Gasteiger partial charge on any atom is 0.161 e. The van der Waals surface area contributed by atoms with Gasteiger partial charge in [-0.1, -0.05) is 36.9 Å². The van der Waals surface area contributed by atoms with Crippen LogP contribution in [0.2, 0.25) is 0 Å². The monoisotopic (exact) mass is 243 g/mol. The van der Waals surface area contributed by atoms with Crippen molar-refractivity contribution < 1.29 is 0 Å². The zero-order valence-electron chi connectivity index (χ0n) is 9.55. The summed E-state index contributed by atoms with van der Waals surface area (Å²) in [7, 11) is 0. The van der Waals surface area contributed by atoms with Crippen molar-refractivity contribution in [2.24, 2.45) is 4.99 Å². The predicted octanol–water partition coefficient (Wildman–Crippen LogP) is 3.14. The number of pyridine rings is 1. The van der Waals surface area contributed by atoms with Crippen molar-refractivity contribution in [3.63, 3.8) is 0 Å². The molecule has 1 N–H and O–H groups in total. The van der Waals surface area contributed by atoms with Crippen LogP contribution in [0.3, 0.4) is 0 Å². The summed E-state index contributed by atoms with van der Waals surface area (Å²) in [5.74, 6) is 0.